The van der Waals surface area contributed by atoms with Crippen LogP contribution in [0, 0.1) is 6.92 Å². The molecule has 1 atom stereocenters. The third kappa shape index (κ3) is 4.80. The second-order valence-electron chi connectivity index (χ2n) is 5.88. The first-order chi connectivity index (χ1) is 11.5. The second kappa shape index (κ2) is 8.45. The lowest BCUT2D eigenvalue weighted by atomic mass is 10.0. The number of hydrogen-bond acceptors (Lipinski definition) is 4. The predicted molar refractivity (Wildman–Crippen MR) is 96.3 cm³/mol. The maximum atomic E-state index is 12.2. The molecule has 0 bridgehead atoms. The Morgan fingerprint density at radius 1 is 1.25 bits per heavy atom. The molecule has 1 aromatic heterocycles. The van der Waals surface area contributed by atoms with Crippen LogP contribution in [-0.4, -0.2) is 36.5 Å². The molecule has 0 radical (unpaired) electrons. The van der Waals surface area contributed by atoms with E-state index in [1.165, 1.54) is 5.56 Å². The molecule has 0 saturated carbocycles. The first-order valence-electron chi connectivity index (χ1n) is 8.10. The highest BCUT2D eigenvalue weighted by Crippen LogP contribution is 2.24. The number of nitrogens with one attached hydrogen (secondary N) is 1. The van der Waals surface area contributed by atoms with Gasteiger partial charge in [0.2, 0.25) is 5.91 Å². The SMILES string of the molecule is CC[C@@H](c1ccc(OC)cc1)N(C)CC(=O)Nc1ccc(C)cn1. The van der Waals surface area contributed by atoms with Gasteiger partial charge in [-0.05, 0) is 49.7 Å². The highest BCUT2D eigenvalue weighted by molar-refractivity contribution is 5.91. The van der Waals surface area contributed by atoms with Crippen LogP contribution in [0.3, 0.4) is 0 Å². The average molecular weight is 327 g/mol. The molecule has 24 heavy (non-hydrogen) atoms. The molecule has 0 spiro atoms. The molecular weight excluding hydrogens is 302 g/mol. The number of methoxy groups -OCH3 is 1. The lowest BCUT2D eigenvalue weighted by Crippen LogP contribution is -2.33. The van der Waals surface area contributed by atoms with Crippen molar-refractivity contribution in [2.75, 3.05) is 26.0 Å². The Hall–Kier alpha value is -2.40. The van der Waals surface area contributed by atoms with E-state index in [1.807, 2.05) is 55.3 Å². The molecule has 0 aliphatic heterocycles. The van der Waals surface area contributed by atoms with Crippen molar-refractivity contribution in [3.63, 3.8) is 0 Å². The molecule has 1 aromatic carbocycles. The fourth-order valence-electron chi connectivity index (χ4n) is 2.69. The number of carbonyl (C=O) groups is 1. The monoisotopic (exact) mass is 327 g/mol. The number of rotatable bonds is 7. The van der Waals surface area contributed by atoms with E-state index in [4.69, 9.17) is 4.74 Å². The van der Waals surface area contributed by atoms with Crippen molar-refractivity contribution in [1.29, 1.82) is 0 Å². The quantitative estimate of drug-likeness (QED) is 0.846. The minimum absolute atomic E-state index is 0.0687. The molecule has 1 heterocycles. The summed E-state index contributed by atoms with van der Waals surface area (Å²) < 4.78 is 5.20. The molecule has 0 unspecified atom stereocenters. The van der Waals surface area contributed by atoms with Crippen molar-refractivity contribution >= 4 is 11.7 Å². The van der Waals surface area contributed by atoms with Gasteiger partial charge in [0.15, 0.2) is 0 Å². The van der Waals surface area contributed by atoms with Crippen LogP contribution in [0.5, 0.6) is 5.75 Å². The molecule has 128 valence electrons. The van der Waals surface area contributed by atoms with E-state index in [0.717, 1.165) is 17.7 Å². The standard InChI is InChI=1S/C19H25N3O2/c1-5-17(15-7-9-16(24-4)10-8-15)22(3)13-19(23)21-18-11-6-14(2)12-20-18/h6-12,17H,5,13H2,1-4H3,(H,20,21,23)/t17-/m0/s1. The minimum Gasteiger partial charge on any atom is -0.497 e. The van der Waals surface area contributed by atoms with Gasteiger partial charge in [0.05, 0.1) is 13.7 Å². The van der Waals surface area contributed by atoms with E-state index in [0.29, 0.717) is 12.4 Å². The first kappa shape index (κ1) is 17.9. The number of benzene rings is 1. The van der Waals surface area contributed by atoms with Crippen LogP contribution in [0.2, 0.25) is 0 Å². The Morgan fingerprint density at radius 2 is 1.96 bits per heavy atom. The lowest BCUT2D eigenvalue weighted by Gasteiger charge is -2.27. The molecule has 2 aromatic rings. The summed E-state index contributed by atoms with van der Waals surface area (Å²) in [6.07, 6.45) is 2.66. The largest absolute Gasteiger partial charge is 0.497 e. The highest BCUT2D eigenvalue weighted by atomic mass is 16.5. The number of ether oxygens (including phenoxy) is 1. The molecule has 0 fully saturated rings. The fourth-order valence-corrected chi connectivity index (χ4v) is 2.69. The summed E-state index contributed by atoms with van der Waals surface area (Å²) in [7, 11) is 3.61. The Bertz CT molecular complexity index is 653. The summed E-state index contributed by atoms with van der Waals surface area (Å²) in [5.74, 6) is 1.34. The van der Waals surface area contributed by atoms with Crippen molar-refractivity contribution in [1.82, 2.24) is 9.88 Å². The molecule has 1 amide bonds. The van der Waals surface area contributed by atoms with Gasteiger partial charge in [0.25, 0.3) is 0 Å². The third-order valence-electron chi connectivity index (χ3n) is 3.99. The van der Waals surface area contributed by atoms with Gasteiger partial charge in [-0.2, -0.15) is 0 Å². The van der Waals surface area contributed by atoms with Crippen molar-refractivity contribution < 1.29 is 9.53 Å². The van der Waals surface area contributed by atoms with Gasteiger partial charge < -0.3 is 10.1 Å². The fraction of sp³-hybridized carbons (Fsp3) is 0.368. The number of nitrogens with zero attached hydrogens (tertiary/aromatic N) is 2. The summed E-state index contributed by atoms with van der Waals surface area (Å²) >= 11 is 0. The Kier molecular flexibility index (Phi) is 6.32. The smallest absolute Gasteiger partial charge is 0.239 e. The molecule has 0 saturated heterocycles. The molecule has 5 nitrogen and oxygen atoms in total. The number of carbonyl (C=O) groups excluding carboxylic acids is 1. The second-order valence-corrected chi connectivity index (χ2v) is 5.88. The van der Waals surface area contributed by atoms with Crippen LogP contribution < -0.4 is 10.1 Å². The first-order valence-corrected chi connectivity index (χ1v) is 8.10. The van der Waals surface area contributed by atoms with E-state index >= 15 is 0 Å². The number of likely N-dealkylation sites (N-methyl/N-ethyl adjacent to an activating group) is 1. The molecule has 5 heteroatoms. The number of anilines is 1. The molecular formula is C19H25N3O2. The number of pyridine rings is 1. The van der Waals surface area contributed by atoms with Crippen molar-refractivity contribution in [2.24, 2.45) is 0 Å². The normalized spacial score (nSPS) is 12.0. The maximum Gasteiger partial charge on any atom is 0.239 e. The summed E-state index contributed by atoms with van der Waals surface area (Å²) in [4.78, 5) is 18.5. The zero-order valence-electron chi connectivity index (χ0n) is 14.7. The van der Waals surface area contributed by atoms with Gasteiger partial charge in [-0.1, -0.05) is 25.1 Å². The van der Waals surface area contributed by atoms with Crippen LogP contribution >= 0.6 is 0 Å². The van der Waals surface area contributed by atoms with Crippen molar-refractivity contribution in [2.45, 2.75) is 26.3 Å². The topological polar surface area (TPSA) is 54.5 Å². The summed E-state index contributed by atoms with van der Waals surface area (Å²) in [5.41, 5.74) is 2.23. The molecule has 1 N–H and O–H groups in total. The molecule has 0 aliphatic rings. The summed E-state index contributed by atoms with van der Waals surface area (Å²) in [5, 5.41) is 2.84. The van der Waals surface area contributed by atoms with E-state index in [1.54, 1.807) is 13.3 Å². The van der Waals surface area contributed by atoms with E-state index in [-0.39, 0.29) is 11.9 Å². The number of hydrogen-bond donors (Lipinski definition) is 1. The van der Waals surface area contributed by atoms with Gasteiger partial charge in [0.1, 0.15) is 11.6 Å². The minimum atomic E-state index is -0.0687. The summed E-state index contributed by atoms with van der Waals surface area (Å²) in [6, 6.07) is 11.9. The van der Waals surface area contributed by atoms with Crippen LogP contribution in [-0.2, 0) is 4.79 Å². The van der Waals surface area contributed by atoms with Gasteiger partial charge in [-0.25, -0.2) is 4.98 Å². The number of aromatic nitrogens is 1. The van der Waals surface area contributed by atoms with Crippen LogP contribution in [0.25, 0.3) is 0 Å². The Balaban J connectivity index is 1.98. The van der Waals surface area contributed by atoms with E-state index < -0.39 is 0 Å². The predicted octanol–water partition coefficient (Wildman–Crippen LogP) is 3.42. The number of amides is 1. The highest BCUT2D eigenvalue weighted by Gasteiger charge is 2.18. The zero-order valence-corrected chi connectivity index (χ0v) is 14.7. The van der Waals surface area contributed by atoms with Gasteiger partial charge >= 0.3 is 0 Å². The third-order valence-corrected chi connectivity index (χ3v) is 3.99. The zero-order chi connectivity index (χ0) is 17.5. The van der Waals surface area contributed by atoms with Gasteiger partial charge in [-0.15, -0.1) is 0 Å². The van der Waals surface area contributed by atoms with Gasteiger partial charge in [-0.3, -0.25) is 9.69 Å². The molecule has 2 rings (SSSR count). The number of aryl methyl sites for hydroxylation is 1. The van der Waals surface area contributed by atoms with Crippen molar-refractivity contribution in [3.8, 4) is 5.75 Å². The van der Waals surface area contributed by atoms with E-state index in [2.05, 4.69) is 17.2 Å². The van der Waals surface area contributed by atoms with Crippen LogP contribution in [0.15, 0.2) is 42.6 Å². The summed E-state index contributed by atoms with van der Waals surface area (Å²) in [6.45, 7) is 4.39. The van der Waals surface area contributed by atoms with E-state index in [9.17, 15) is 4.79 Å². The van der Waals surface area contributed by atoms with Gasteiger partial charge in [0, 0.05) is 12.2 Å². The maximum absolute atomic E-state index is 12.2. The lowest BCUT2D eigenvalue weighted by molar-refractivity contribution is -0.117. The Morgan fingerprint density at radius 3 is 2.50 bits per heavy atom. The van der Waals surface area contributed by atoms with Crippen LogP contribution in [0.1, 0.15) is 30.5 Å². The van der Waals surface area contributed by atoms with Crippen molar-refractivity contribution in [3.05, 3.63) is 53.7 Å². The Labute approximate surface area is 143 Å². The molecule has 0 aliphatic carbocycles. The van der Waals surface area contributed by atoms with Crippen LogP contribution in [0.4, 0.5) is 5.82 Å². The average Bonchev–Trinajstić information content (AvgIpc) is 2.58.